The highest BCUT2D eigenvalue weighted by Gasteiger charge is 2.24. The van der Waals surface area contributed by atoms with Gasteiger partial charge in [0.15, 0.2) is 0 Å². The smallest absolute Gasteiger partial charge is 0.131 e. The van der Waals surface area contributed by atoms with E-state index in [9.17, 15) is 10.5 Å². The Morgan fingerprint density at radius 3 is 1.58 bits per heavy atom. The van der Waals surface area contributed by atoms with Crippen LogP contribution in [0.5, 0.6) is 0 Å². The average molecular weight is 635 g/mol. The summed E-state index contributed by atoms with van der Waals surface area (Å²) in [4.78, 5) is 0. The summed E-state index contributed by atoms with van der Waals surface area (Å²) in [7, 11) is 0. The van der Waals surface area contributed by atoms with Gasteiger partial charge >= 0.3 is 0 Å². The molecule has 2 aromatic heterocycles. The van der Waals surface area contributed by atoms with Crippen molar-refractivity contribution in [2.75, 3.05) is 0 Å². The summed E-state index contributed by atoms with van der Waals surface area (Å²) in [5.74, 6) is 0. The number of hydrogen-bond donors (Lipinski definition) is 0. The predicted octanol–water partition coefficient (Wildman–Crippen LogP) is 11.6. The molecule has 0 saturated carbocycles. The predicted molar refractivity (Wildman–Crippen MR) is 205 cm³/mol. The summed E-state index contributed by atoms with van der Waals surface area (Å²) in [5.41, 5.74) is 8.06. The molecule has 0 saturated heterocycles. The van der Waals surface area contributed by atoms with Crippen LogP contribution in [-0.4, -0.2) is 9.13 Å². The lowest BCUT2D eigenvalue weighted by Crippen LogP contribution is -2.02. The molecule has 0 aliphatic heterocycles. The molecule has 0 unspecified atom stereocenters. The second-order valence-corrected chi connectivity index (χ2v) is 12.7. The molecule has 0 amide bonds. The number of para-hydroxylation sites is 3. The molecular weight excluding hydrogens is 609 g/mol. The number of rotatable bonds is 3. The maximum Gasteiger partial charge on any atom is 0.131 e. The zero-order valence-electron chi connectivity index (χ0n) is 26.8. The van der Waals surface area contributed by atoms with E-state index in [-0.39, 0.29) is 0 Å². The minimum atomic E-state index is 0.486. The molecule has 4 nitrogen and oxygen atoms in total. The normalized spacial score (nSPS) is 11.6. The van der Waals surface area contributed by atoms with E-state index in [4.69, 9.17) is 0 Å². The molecule has 0 N–H and O–H groups in total. The van der Waals surface area contributed by atoms with Crippen LogP contribution in [0.2, 0.25) is 0 Å². The third-order valence-electron chi connectivity index (χ3n) is 10.1. The van der Waals surface area contributed by atoms with Gasteiger partial charge in [0.2, 0.25) is 0 Å². The fraction of sp³-hybridized carbons (Fsp3) is 0. The van der Waals surface area contributed by atoms with Gasteiger partial charge in [0, 0.05) is 32.8 Å². The maximum atomic E-state index is 10.2. The summed E-state index contributed by atoms with van der Waals surface area (Å²) < 4.78 is 4.82. The second-order valence-electron chi connectivity index (χ2n) is 12.7. The molecule has 0 aliphatic rings. The van der Waals surface area contributed by atoms with Crippen LogP contribution >= 0.6 is 0 Å². The van der Waals surface area contributed by atoms with Gasteiger partial charge in [-0.2, -0.15) is 10.5 Å². The summed E-state index contributed by atoms with van der Waals surface area (Å²) in [5, 5.41) is 30.6. The summed E-state index contributed by atoms with van der Waals surface area (Å²) in [6.07, 6.45) is 0. The lowest BCUT2D eigenvalue weighted by atomic mass is 9.87. The van der Waals surface area contributed by atoms with Crippen LogP contribution in [0.1, 0.15) is 11.1 Å². The van der Waals surface area contributed by atoms with Crippen molar-refractivity contribution in [2.45, 2.75) is 0 Å². The van der Waals surface area contributed by atoms with Crippen LogP contribution in [0.25, 0.3) is 87.7 Å². The Balaban J connectivity index is 1.43. The molecule has 0 atom stereocenters. The Kier molecular flexibility index (Phi) is 5.97. The molecule has 0 radical (unpaired) electrons. The molecule has 8 aromatic carbocycles. The fourth-order valence-electron chi connectivity index (χ4n) is 8.16. The van der Waals surface area contributed by atoms with Crippen molar-refractivity contribution in [3.05, 3.63) is 169 Å². The molecule has 0 spiro atoms. The summed E-state index contributed by atoms with van der Waals surface area (Å²) in [6.45, 7) is 0. The van der Waals surface area contributed by atoms with Crippen molar-refractivity contribution in [2.24, 2.45) is 0 Å². The Morgan fingerprint density at radius 2 is 0.940 bits per heavy atom. The van der Waals surface area contributed by atoms with Crippen molar-refractivity contribution in [1.29, 1.82) is 10.5 Å². The van der Waals surface area contributed by atoms with Gasteiger partial charge in [-0.3, -0.25) is 9.13 Å². The highest BCUT2D eigenvalue weighted by Crippen LogP contribution is 2.45. The minimum Gasteiger partial charge on any atom is -0.295 e. The molecular formula is C46H26N4. The van der Waals surface area contributed by atoms with Gasteiger partial charge in [0.25, 0.3) is 0 Å². The van der Waals surface area contributed by atoms with Crippen LogP contribution < -0.4 is 0 Å². The molecule has 10 aromatic rings. The van der Waals surface area contributed by atoms with Crippen LogP contribution in [0.4, 0.5) is 0 Å². The summed E-state index contributed by atoms with van der Waals surface area (Å²) >= 11 is 0. The highest BCUT2D eigenvalue weighted by atomic mass is 15.1. The second kappa shape index (κ2) is 10.7. The first-order chi connectivity index (χ1) is 24.8. The van der Waals surface area contributed by atoms with Gasteiger partial charge in [-0.05, 0) is 81.0 Å². The number of nitrogens with zero attached hydrogens (tertiary/aromatic N) is 4. The average Bonchev–Trinajstić information content (AvgIpc) is 3.69. The van der Waals surface area contributed by atoms with Crippen molar-refractivity contribution in [1.82, 2.24) is 9.13 Å². The minimum absolute atomic E-state index is 0.486. The van der Waals surface area contributed by atoms with Gasteiger partial charge in [0.05, 0.1) is 40.0 Å². The first kappa shape index (κ1) is 27.9. The molecule has 2 heterocycles. The third kappa shape index (κ3) is 3.79. The molecule has 10 rings (SSSR count). The number of hydrogen-bond acceptors (Lipinski definition) is 2. The zero-order chi connectivity index (χ0) is 33.3. The lowest BCUT2D eigenvalue weighted by Gasteiger charge is -2.19. The summed E-state index contributed by atoms with van der Waals surface area (Å²) in [6, 6.07) is 59.5. The van der Waals surface area contributed by atoms with Gasteiger partial charge < -0.3 is 0 Å². The van der Waals surface area contributed by atoms with E-state index in [0.29, 0.717) is 16.7 Å². The van der Waals surface area contributed by atoms with Crippen molar-refractivity contribution in [3.8, 4) is 34.6 Å². The number of nitriles is 2. The molecule has 0 fully saturated rings. The van der Waals surface area contributed by atoms with Gasteiger partial charge in [0.1, 0.15) is 5.65 Å². The number of benzene rings is 8. The van der Waals surface area contributed by atoms with Crippen LogP contribution in [-0.2, 0) is 0 Å². The quantitative estimate of drug-likeness (QED) is 0.182. The van der Waals surface area contributed by atoms with E-state index < -0.39 is 0 Å². The molecule has 0 aliphatic carbocycles. The highest BCUT2D eigenvalue weighted by molar-refractivity contribution is 6.27. The van der Waals surface area contributed by atoms with Crippen molar-refractivity contribution < 1.29 is 0 Å². The first-order valence-corrected chi connectivity index (χ1v) is 16.7. The lowest BCUT2D eigenvalue weighted by molar-refractivity contribution is 1.08. The first-order valence-electron chi connectivity index (χ1n) is 16.7. The van der Waals surface area contributed by atoms with E-state index in [1.54, 1.807) is 18.2 Å². The maximum absolute atomic E-state index is 10.2. The van der Waals surface area contributed by atoms with Crippen LogP contribution in [0, 0.1) is 22.7 Å². The Bertz CT molecular complexity index is 3080. The molecule has 50 heavy (non-hydrogen) atoms. The van der Waals surface area contributed by atoms with E-state index in [0.717, 1.165) is 65.9 Å². The van der Waals surface area contributed by atoms with Gasteiger partial charge in [-0.1, -0.05) is 109 Å². The van der Waals surface area contributed by atoms with Gasteiger partial charge in [-0.15, -0.1) is 0 Å². The Hall–Kier alpha value is -7.14. The van der Waals surface area contributed by atoms with Gasteiger partial charge in [-0.25, -0.2) is 0 Å². The molecule has 0 bridgehead atoms. The SMILES string of the molecule is N#Cc1cccc(C#N)c1-c1cc2cc(-n3c4ccccc4c4c5ccccc5n(-c5ccccc5)c43)c3ccccc3c2c2ccccc12. The Morgan fingerprint density at radius 1 is 0.420 bits per heavy atom. The van der Waals surface area contributed by atoms with Crippen molar-refractivity contribution in [3.63, 3.8) is 0 Å². The topological polar surface area (TPSA) is 57.4 Å². The number of aromatic nitrogens is 2. The van der Waals surface area contributed by atoms with Crippen molar-refractivity contribution >= 4 is 65.2 Å². The largest absolute Gasteiger partial charge is 0.295 e. The molecule has 4 heteroatoms. The third-order valence-corrected chi connectivity index (χ3v) is 10.1. The van der Waals surface area contributed by atoms with E-state index in [2.05, 4.69) is 155 Å². The van der Waals surface area contributed by atoms with Crippen LogP contribution in [0.3, 0.4) is 0 Å². The fourth-order valence-corrected chi connectivity index (χ4v) is 8.16. The monoisotopic (exact) mass is 634 g/mol. The standard InChI is InChI=1S/C46H26N4/c47-27-29-13-12-14-30(28-48)43(29)39-25-31-26-42(34-18-5-7-20-36(34)44(31)35-19-6-4-17-33(35)39)50-41-24-11-9-22-38(41)45-37-21-8-10-23-40(37)49(46(45)50)32-15-2-1-3-16-32/h1-26H. The Labute approximate surface area is 287 Å². The van der Waals surface area contributed by atoms with Crippen LogP contribution in [0.15, 0.2) is 158 Å². The van der Waals surface area contributed by atoms with E-state index in [1.165, 1.54) is 16.2 Å². The number of fused-ring (bicyclic) bond motifs is 10. The van der Waals surface area contributed by atoms with E-state index >= 15 is 0 Å². The van der Waals surface area contributed by atoms with E-state index in [1.807, 2.05) is 6.07 Å². The zero-order valence-corrected chi connectivity index (χ0v) is 26.8. The molecule has 230 valence electrons.